The molecule has 2 unspecified atom stereocenters. The van der Waals surface area contributed by atoms with E-state index in [0.717, 1.165) is 23.5 Å². The zero-order valence-electron chi connectivity index (χ0n) is 12.2. The average molecular weight is 325 g/mol. The van der Waals surface area contributed by atoms with E-state index in [1.54, 1.807) is 0 Å². The number of likely N-dealkylation sites (N-methyl/N-ethyl adjacent to an activating group) is 1. The van der Waals surface area contributed by atoms with Gasteiger partial charge in [0.15, 0.2) is 0 Å². The minimum absolute atomic E-state index is 0.451. The van der Waals surface area contributed by atoms with Crippen molar-refractivity contribution in [2.75, 3.05) is 13.6 Å². The minimum atomic E-state index is 0.451. The van der Waals surface area contributed by atoms with Crippen LogP contribution in [0.4, 0.5) is 0 Å². The first-order valence-corrected chi connectivity index (χ1v) is 8.12. The number of halogens is 1. The van der Waals surface area contributed by atoms with Crippen molar-refractivity contribution in [2.45, 2.75) is 51.2 Å². The fourth-order valence-corrected chi connectivity index (χ4v) is 2.94. The first-order valence-electron chi connectivity index (χ1n) is 7.32. The van der Waals surface area contributed by atoms with Gasteiger partial charge in [0.25, 0.3) is 0 Å². The molecule has 0 saturated heterocycles. The molecule has 1 saturated carbocycles. The first-order chi connectivity index (χ1) is 9.11. The van der Waals surface area contributed by atoms with Gasteiger partial charge in [0.05, 0.1) is 0 Å². The minimum Gasteiger partial charge on any atom is -0.308 e. The first kappa shape index (κ1) is 15.0. The lowest BCUT2D eigenvalue weighted by Gasteiger charge is -2.27. The van der Waals surface area contributed by atoms with Crippen molar-refractivity contribution in [1.29, 1.82) is 0 Å². The van der Waals surface area contributed by atoms with Crippen LogP contribution in [0.3, 0.4) is 0 Å². The molecule has 1 aliphatic carbocycles. The molecule has 3 heteroatoms. The van der Waals surface area contributed by atoms with Crippen LogP contribution in [0.2, 0.25) is 0 Å². The van der Waals surface area contributed by atoms with E-state index in [0.29, 0.717) is 12.1 Å². The standard InChI is InChI=1S/C16H25BrN2/c1-4-16(13-6-5-7-14(17)10-13)18-11-12(2)19(3)15-8-9-15/h5-7,10,12,15-16,18H,4,8-9,11H2,1-3H3. The molecule has 1 aliphatic rings. The Labute approximate surface area is 125 Å². The van der Waals surface area contributed by atoms with Gasteiger partial charge < -0.3 is 5.32 Å². The number of hydrogen-bond acceptors (Lipinski definition) is 2. The summed E-state index contributed by atoms with van der Waals surface area (Å²) in [6.07, 6.45) is 3.88. The molecule has 0 aliphatic heterocycles. The molecule has 1 fully saturated rings. The highest BCUT2D eigenvalue weighted by atomic mass is 79.9. The van der Waals surface area contributed by atoms with Crippen molar-refractivity contribution in [2.24, 2.45) is 0 Å². The van der Waals surface area contributed by atoms with E-state index in [9.17, 15) is 0 Å². The molecule has 19 heavy (non-hydrogen) atoms. The average Bonchev–Trinajstić information content (AvgIpc) is 3.22. The number of nitrogens with zero attached hydrogens (tertiary/aromatic N) is 1. The van der Waals surface area contributed by atoms with Crippen LogP contribution >= 0.6 is 15.9 Å². The Balaban J connectivity index is 1.88. The van der Waals surface area contributed by atoms with Crippen molar-refractivity contribution in [3.05, 3.63) is 34.3 Å². The lowest BCUT2D eigenvalue weighted by atomic mass is 10.0. The molecule has 2 rings (SSSR count). The normalized spacial score (nSPS) is 18.6. The molecule has 0 amide bonds. The molecule has 0 aromatic heterocycles. The quantitative estimate of drug-likeness (QED) is 0.816. The molecule has 0 radical (unpaired) electrons. The van der Waals surface area contributed by atoms with Crippen molar-refractivity contribution >= 4 is 15.9 Å². The second-order valence-electron chi connectivity index (χ2n) is 5.67. The number of hydrogen-bond donors (Lipinski definition) is 1. The summed E-state index contributed by atoms with van der Waals surface area (Å²) < 4.78 is 1.16. The third-order valence-electron chi connectivity index (χ3n) is 4.14. The van der Waals surface area contributed by atoms with Crippen molar-refractivity contribution in [3.8, 4) is 0 Å². The molecule has 1 N–H and O–H groups in total. The Kier molecular flexibility index (Phi) is 5.43. The van der Waals surface area contributed by atoms with Gasteiger partial charge in [-0.05, 0) is 50.9 Å². The second-order valence-corrected chi connectivity index (χ2v) is 6.59. The van der Waals surface area contributed by atoms with E-state index in [2.05, 4.69) is 71.3 Å². The molecule has 2 atom stereocenters. The Morgan fingerprint density at radius 2 is 2.16 bits per heavy atom. The fraction of sp³-hybridized carbons (Fsp3) is 0.625. The van der Waals surface area contributed by atoms with E-state index in [1.807, 2.05) is 0 Å². The maximum Gasteiger partial charge on any atom is 0.0318 e. The molecule has 2 nitrogen and oxygen atoms in total. The van der Waals surface area contributed by atoms with Crippen LogP contribution in [0, 0.1) is 0 Å². The van der Waals surface area contributed by atoms with Crippen molar-refractivity contribution in [3.63, 3.8) is 0 Å². The summed E-state index contributed by atoms with van der Waals surface area (Å²) in [5.74, 6) is 0. The Morgan fingerprint density at radius 3 is 2.74 bits per heavy atom. The largest absolute Gasteiger partial charge is 0.308 e. The van der Waals surface area contributed by atoms with Crippen LogP contribution in [0.15, 0.2) is 28.7 Å². The van der Waals surface area contributed by atoms with E-state index < -0.39 is 0 Å². The van der Waals surface area contributed by atoms with Gasteiger partial charge >= 0.3 is 0 Å². The smallest absolute Gasteiger partial charge is 0.0318 e. The molecule has 0 bridgehead atoms. The van der Waals surface area contributed by atoms with Gasteiger partial charge in [0.2, 0.25) is 0 Å². The summed E-state index contributed by atoms with van der Waals surface area (Å²) in [5.41, 5.74) is 1.37. The van der Waals surface area contributed by atoms with Crippen LogP contribution in [0.25, 0.3) is 0 Å². The second kappa shape index (κ2) is 6.87. The molecule has 0 spiro atoms. The highest BCUT2D eigenvalue weighted by molar-refractivity contribution is 9.10. The van der Waals surface area contributed by atoms with Crippen LogP contribution < -0.4 is 5.32 Å². The van der Waals surface area contributed by atoms with Crippen LogP contribution in [0.5, 0.6) is 0 Å². The predicted molar refractivity (Wildman–Crippen MR) is 85.4 cm³/mol. The monoisotopic (exact) mass is 324 g/mol. The topological polar surface area (TPSA) is 15.3 Å². The Morgan fingerprint density at radius 1 is 1.42 bits per heavy atom. The number of benzene rings is 1. The highest BCUT2D eigenvalue weighted by Gasteiger charge is 2.29. The zero-order chi connectivity index (χ0) is 13.8. The van der Waals surface area contributed by atoms with Crippen LogP contribution in [0.1, 0.15) is 44.7 Å². The molecule has 1 aromatic carbocycles. The van der Waals surface area contributed by atoms with Crippen molar-refractivity contribution < 1.29 is 0 Å². The fourth-order valence-electron chi connectivity index (χ4n) is 2.52. The Bertz CT molecular complexity index is 403. The summed E-state index contributed by atoms with van der Waals surface area (Å²) in [4.78, 5) is 2.51. The summed E-state index contributed by atoms with van der Waals surface area (Å²) in [7, 11) is 2.25. The summed E-state index contributed by atoms with van der Waals surface area (Å²) in [6, 6.07) is 10.5. The van der Waals surface area contributed by atoms with Crippen LogP contribution in [-0.4, -0.2) is 30.6 Å². The summed E-state index contributed by atoms with van der Waals surface area (Å²) in [6.45, 7) is 5.62. The van der Waals surface area contributed by atoms with Crippen molar-refractivity contribution in [1.82, 2.24) is 10.2 Å². The number of rotatable bonds is 7. The molecule has 0 heterocycles. The van der Waals surface area contributed by atoms with Gasteiger partial charge in [-0.2, -0.15) is 0 Å². The van der Waals surface area contributed by atoms with Gasteiger partial charge in [-0.15, -0.1) is 0 Å². The number of nitrogens with one attached hydrogen (secondary N) is 1. The van der Waals surface area contributed by atoms with E-state index in [-0.39, 0.29) is 0 Å². The third kappa shape index (κ3) is 4.30. The van der Waals surface area contributed by atoms with Gasteiger partial charge in [0.1, 0.15) is 0 Å². The highest BCUT2D eigenvalue weighted by Crippen LogP contribution is 2.27. The maximum atomic E-state index is 3.71. The van der Waals surface area contributed by atoms with Gasteiger partial charge in [-0.25, -0.2) is 0 Å². The molecule has 1 aromatic rings. The molecular weight excluding hydrogens is 300 g/mol. The molecule has 106 valence electrons. The van der Waals surface area contributed by atoms with Crippen LogP contribution in [-0.2, 0) is 0 Å². The SMILES string of the molecule is CCC(NCC(C)N(C)C1CC1)c1cccc(Br)c1. The lowest BCUT2D eigenvalue weighted by molar-refractivity contribution is 0.235. The lowest BCUT2D eigenvalue weighted by Crippen LogP contribution is -2.40. The van der Waals surface area contributed by atoms with Gasteiger partial charge in [0, 0.05) is 29.1 Å². The zero-order valence-corrected chi connectivity index (χ0v) is 13.8. The predicted octanol–water partition coefficient (Wildman–Crippen LogP) is 3.97. The van der Waals surface area contributed by atoms with E-state index in [1.165, 1.54) is 18.4 Å². The third-order valence-corrected chi connectivity index (χ3v) is 4.63. The molecular formula is C16H25BrN2. The van der Waals surface area contributed by atoms with E-state index >= 15 is 0 Å². The summed E-state index contributed by atoms with van der Waals surface area (Å²) in [5, 5.41) is 3.71. The summed E-state index contributed by atoms with van der Waals surface area (Å²) >= 11 is 3.55. The maximum absolute atomic E-state index is 3.71. The van der Waals surface area contributed by atoms with Gasteiger partial charge in [-0.3, -0.25) is 4.90 Å². The van der Waals surface area contributed by atoms with Gasteiger partial charge in [-0.1, -0.05) is 35.0 Å². The Hall–Kier alpha value is -0.380. The van der Waals surface area contributed by atoms with E-state index in [4.69, 9.17) is 0 Å².